The van der Waals surface area contributed by atoms with Crippen molar-refractivity contribution >= 4 is 23.9 Å². The second-order valence-corrected chi connectivity index (χ2v) is 9.44. The molecule has 3 aliphatic rings. The van der Waals surface area contributed by atoms with Gasteiger partial charge in [-0.25, -0.2) is 9.59 Å². The van der Waals surface area contributed by atoms with Crippen LogP contribution in [0.5, 0.6) is 0 Å². The predicted molar refractivity (Wildman–Crippen MR) is 113 cm³/mol. The predicted octanol–water partition coefficient (Wildman–Crippen LogP) is 3.04. The summed E-state index contributed by atoms with van der Waals surface area (Å²) in [7, 11) is 0. The number of carbonyl (C=O) groups is 4. The summed E-state index contributed by atoms with van der Waals surface area (Å²) in [5, 5.41) is 0. The highest BCUT2D eigenvalue weighted by Crippen LogP contribution is 2.55. The minimum absolute atomic E-state index is 0.145. The summed E-state index contributed by atoms with van der Waals surface area (Å²) in [6.45, 7) is 11.2. The van der Waals surface area contributed by atoms with Gasteiger partial charge in [0.2, 0.25) is 5.60 Å². The first-order chi connectivity index (χ1) is 14.8. The summed E-state index contributed by atoms with van der Waals surface area (Å²) < 4.78 is 23.1. The maximum absolute atomic E-state index is 13.0. The minimum Gasteiger partial charge on any atom is -0.459 e. The van der Waals surface area contributed by atoms with Crippen LogP contribution in [-0.2, 0) is 38.1 Å². The van der Waals surface area contributed by atoms with E-state index in [0.29, 0.717) is 12.0 Å². The Balaban J connectivity index is 2.16. The van der Waals surface area contributed by atoms with Crippen LogP contribution in [-0.4, -0.2) is 47.3 Å². The fourth-order valence-electron chi connectivity index (χ4n) is 5.65. The lowest BCUT2D eigenvalue weighted by molar-refractivity contribution is -0.182. The third-order valence-corrected chi connectivity index (χ3v) is 7.18. The maximum Gasteiger partial charge on any atom is 0.351 e. The molecule has 176 valence electrons. The van der Waals surface area contributed by atoms with Gasteiger partial charge in [-0.15, -0.1) is 0 Å². The normalized spacial score (nSPS) is 38.6. The van der Waals surface area contributed by atoms with E-state index in [0.717, 1.165) is 5.57 Å². The molecule has 0 aromatic carbocycles. The monoisotopic (exact) mass is 448 g/mol. The molecule has 32 heavy (non-hydrogen) atoms. The van der Waals surface area contributed by atoms with Crippen molar-refractivity contribution in [3.63, 3.8) is 0 Å². The fraction of sp³-hybridized carbons (Fsp3) is 0.667. The van der Waals surface area contributed by atoms with Gasteiger partial charge < -0.3 is 18.9 Å². The van der Waals surface area contributed by atoms with Crippen molar-refractivity contribution in [2.45, 2.75) is 84.7 Å². The summed E-state index contributed by atoms with van der Waals surface area (Å²) in [5.41, 5.74) is -1.22. The Kier molecular flexibility index (Phi) is 6.28. The third-order valence-electron chi connectivity index (χ3n) is 7.18. The number of hydrogen-bond acceptors (Lipinski definition) is 8. The molecule has 2 aliphatic carbocycles. The average Bonchev–Trinajstić information content (AvgIpc) is 3.14. The number of esters is 4. The van der Waals surface area contributed by atoms with Crippen LogP contribution in [0.1, 0.15) is 61.3 Å². The molecule has 0 amide bonds. The van der Waals surface area contributed by atoms with Crippen LogP contribution < -0.4 is 0 Å². The van der Waals surface area contributed by atoms with Gasteiger partial charge in [0.15, 0.2) is 0 Å². The van der Waals surface area contributed by atoms with Crippen LogP contribution in [0.3, 0.4) is 0 Å². The van der Waals surface area contributed by atoms with Crippen molar-refractivity contribution < 1.29 is 38.1 Å². The number of fused-ring (bicyclic) bond motifs is 3. The highest BCUT2D eigenvalue weighted by Gasteiger charge is 2.68. The maximum atomic E-state index is 13.0. The Labute approximate surface area is 188 Å². The Morgan fingerprint density at radius 2 is 1.75 bits per heavy atom. The Bertz CT molecular complexity index is 902. The zero-order chi connectivity index (χ0) is 24.0. The number of hydrogen-bond donors (Lipinski definition) is 0. The Morgan fingerprint density at radius 3 is 2.31 bits per heavy atom. The van der Waals surface area contributed by atoms with Gasteiger partial charge in [0, 0.05) is 37.7 Å². The molecule has 0 aromatic heterocycles. The summed E-state index contributed by atoms with van der Waals surface area (Å²) in [5.74, 6) is -3.51. The van der Waals surface area contributed by atoms with Gasteiger partial charge in [0.1, 0.15) is 17.8 Å². The zero-order valence-corrected chi connectivity index (χ0v) is 19.7. The van der Waals surface area contributed by atoms with E-state index in [2.05, 4.69) is 6.08 Å². The Morgan fingerprint density at radius 1 is 1.12 bits per heavy atom. The van der Waals surface area contributed by atoms with Crippen LogP contribution in [0.4, 0.5) is 0 Å². The molecule has 2 fully saturated rings. The van der Waals surface area contributed by atoms with Crippen LogP contribution in [0.15, 0.2) is 23.3 Å². The first-order valence-corrected chi connectivity index (χ1v) is 10.9. The van der Waals surface area contributed by atoms with Gasteiger partial charge >= 0.3 is 23.9 Å². The van der Waals surface area contributed by atoms with Gasteiger partial charge in [-0.1, -0.05) is 17.7 Å². The van der Waals surface area contributed by atoms with E-state index in [-0.39, 0.29) is 18.3 Å². The molecule has 7 unspecified atom stereocenters. The van der Waals surface area contributed by atoms with Crippen molar-refractivity contribution in [2.75, 3.05) is 0 Å². The van der Waals surface area contributed by atoms with Crippen LogP contribution in [0.25, 0.3) is 0 Å². The summed E-state index contributed by atoms with van der Waals surface area (Å²) in [4.78, 5) is 49.7. The van der Waals surface area contributed by atoms with E-state index in [9.17, 15) is 19.2 Å². The lowest BCUT2D eigenvalue weighted by Crippen LogP contribution is -2.51. The molecule has 1 heterocycles. The molecular formula is C24H32O8. The van der Waals surface area contributed by atoms with E-state index < -0.39 is 53.2 Å². The molecule has 1 aliphatic heterocycles. The van der Waals surface area contributed by atoms with Crippen LogP contribution >= 0.6 is 0 Å². The van der Waals surface area contributed by atoms with E-state index in [1.807, 2.05) is 13.8 Å². The molecule has 0 spiro atoms. The SMILES string of the molecule is CC=C(C)C(=O)OC1CC(C)(OC(C)=O)C2CC=C(C)C2C2OC(=O)C(C)(OC(C)=O)C12. The standard InChI is InChI=1S/C24H32O8/c1-8-12(2)21(27)29-17-11-23(6,31-14(4)25)16-10-9-13(3)18(16)20-19(17)24(7,22(28)30-20)32-15(5)26/h8-9,16-20H,10-11H2,1-7H3. The summed E-state index contributed by atoms with van der Waals surface area (Å²) in [6, 6.07) is 0. The summed E-state index contributed by atoms with van der Waals surface area (Å²) in [6.07, 6.45) is 2.87. The molecule has 8 nitrogen and oxygen atoms in total. The molecule has 3 rings (SSSR count). The molecule has 1 saturated heterocycles. The van der Waals surface area contributed by atoms with Gasteiger partial charge in [-0.05, 0) is 41.0 Å². The molecule has 0 radical (unpaired) electrons. The van der Waals surface area contributed by atoms with Gasteiger partial charge in [-0.3, -0.25) is 9.59 Å². The molecule has 0 bridgehead atoms. The number of ether oxygens (including phenoxy) is 4. The highest BCUT2D eigenvalue weighted by molar-refractivity contribution is 5.88. The van der Waals surface area contributed by atoms with E-state index in [4.69, 9.17) is 18.9 Å². The second kappa shape index (κ2) is 8.37. The van der Waals surface area contributed by atoms with Crippen molar-refractivity contribution in [3.8, 4) is 0 Å². The average molecular weight is 449 g/mol. The first kappa shape index (κ1) is 24.0. The van der Waals surface area contributed by atoms with Crippen molar-refractivity contribution in [2.24, 2.45) is 17.8 Å². The molecule has 8 heteroatoms. The zero-order valence-electron chi connectivity index (χ0n) is 19.7. The molecule has 1 saturated carbocycles. The van der Waals surface area contributed by atoms with E-state index in [1.165, 1.54) is 20.8 Å². The second-order valence-electron chi connectivity index (χ2n) is 9.44. The van der Waals surface area contributed by atoms with E-state index in [1.54, 1.807) is 19.9 Å². The van der Waals surface area contributed by atoms with Crippen LogP contribution in [0.2, 0.25) is 0 Å². The van der Waals surface area contributed by atoms with Crippen molar-refractivity contribution in [1.29, 1.82) is 0 Å². The molecule has 0 aromatic rings. The number of allylic oxidation sites excluding steroid dienone is 2. The summed E-state index contributed by atoms with van der Waals surface area (Å²) >= 11 is 0. The van der Waals surface area contributed by atoms with Gasteiger partial charge in [0.05, 0.1) is 5.92 Å². The van der Waals surface area contributed by atoms with Crippen molar-refractivity contribution in [1.82, 2.24) is 0 Å². The van der Waals surface area contributed by atoms with E-state index >= 15 is 0 Å². The number of rotatable bonds is 4. The minimum atomic E-state index is -1.64. The fourth-order valence-corrected chi connectivity index (χ4v) is 5.65. The molecular weight excluding hydrogens is 416 g/mol. The van der Waals surface area contributed by atoms with Crippen LogP contribution in [0, 0.1) is 17.8 Å². The lowest BCUT2D eigenvalue weighted by atomic mass is 9.75. The van der Waals surface area contributed by atoms with Gasteiger partial charge in [0.25, 0.3) is 0 Å². The lowest BCUT2D eigenvalue weighted by Gasteiger charge is -2.38. The van der Waals surface area contributed by atoms with Crippen molar-refractivity contribution in [3.05, 3.63) is 23.3 Å². The Hall–Kier alpha value is -2.64. The largest absolute Gasteiger partial charge is 0.459 e. The highest BCUT2D eigenvalue weighted by atomic mass is 16.6. The molecule has 0 N–H and O–H groups in total. The molecule has 7 atom stereocenters. The number of carbonyl (C=O) groups excluding carboxylic acids is 4. The third kappa shape index (κ3) is 3.95. The van der Waals surface area contributed by atoms with Gasteiger partial charge in [-0.2, -0.15) is 0 Å². The smallest absolute Gasteiger partial charge is 0.351 e. The quantitative estimate of drug-likeness (QED) is 0.280. The topological polar surface area (TPSA) is 105 Å². The first-order valence-electron chi connectivity index (χ1n) is 10.9.